The van der Waals surface area contributed by atoms with Crippen LogP contribution in [-0.2, 0) is 0 Å². The summed E-state index contributed by atoms with van der Waals surface area (Å²) in [6.07, 6.45) is 13.2. The Bertz CT molecular complexity index is 908. The van der Waals surface area contributed by atoms with E-state index >= 15 is 8.78 Å². The van der Waals surface area contributed by atoms with Gasteiger partial charge in [-0.2, -0.15) is 0 Å². The van der Waals surface area contributed by atoms with Gasteiger partial charge in [0.05, 0.1) is 5.56 Å². The molecule has 0 aromatic heterocycles. The number of rotatable bonds is 6. The van der Waals surface area contributed by atoms with Gasteiger partial charge in [-0.3, -0.25) is 0 Å². The molecular weight excluding hydrogens is 390 g/mol. The zero-order valence-corrected chi connectivity index (χ0v) is 18.3. The smallest absolute Gasteiger partial charge is 0.134 e. The van der Waals surface area contributed by atoms with Crippen molar-refractivity contribution in [3.63, 3.8) is 0 Å². The van der Waals surface area contributed by atoms with Crippen LogP contribution in [0.15, 0.2) is 61.2 Å². The van der Waals surface area contributed by atoms with E-state index in [2.05, 4.69) is 25.7 Å². The molecule has 2 aliphatic carbocycles. The first-order valence-electron chi connectivity index (χ1n) is 11.5. The second kappa shape index (κ2) is 9.80. The number of halogens is 2. The van der Waals surface area contributed by atoms with E-state index in [-0.39, 0.29) is 11.5 Å². The minimum absolute atomic E-state index is 0.0413. The van der Waals surface area contributed by atoms with Crippen LogP contribution in [0.25, 0.3) is 11.1 Å². The highest BCUT2D eigenvalue weighted by atomic mass is 19.1. The minimum Gasteiger partial charge on any atom is -0.490 e. The molecule has 0 aliphatic heterocycles. The van der Waals surface area contributed by atoms with Gasteiger partial charge in [0.15, 0.2) is 0 Å². The molecule has 2 aromatic carbocycles. The highest BCUT2D eigenvalue weighted by Crippen LogP contribution is 2.48. The fourth-order valence-electron chi connectivity index (χ4n) is 5.65. The molecule has 3 heteroatoms. The Morgan fingerprint density at radius 1 is 0.968 bits per heavy atom. The SMILES string of the molecule is C=CCOc1ccc(-c2c(F)cc(C3CCC4CC(/C=C/C)CCC4C3)cc2F)cc1. The maximum atomic E-state index is 15.0. The van der Waals surface area contributed by atoms with Gasteiger partial charge in [0.2, 0.25) is 0 Å². The van der Waals surface area contributed by atoms with Gasteiger partial charge in [0.25, 0.3) is 0 Å². The summed E-state index contributed by atoms with van der Waals surface area (Å²) >= 11 is 0. The number of allylic oxidation sites excluding steroid dienone is 2. The van der Waals surface area contributed by atoms with Gasteiger partial charge in [-0.05, 0) is 105 Å². The summed E-state index contributed by atoms with van der Waals surface area (Å²) in [6, 6.07) is 10.0. The standard InChI is InChI=1S/C28H32F2O/c1-3-5-19-6-7-22-16-23(9-8-21(22)15-19)24-17-26(29)28(27(30)18-24)20-10-12-25(13-11-20)31-14-4-2/h3-5,10-13,17-19,21-23H,2,6-9,14-16H2,1H3/b5-3+. The third-order valence-electron chi connectivity index (χ3n) is 7.16. The minimum atomic E-state index is -0.478. The molecule has 0 heterocycles. The van der Waals surface area contributed by atoms with E-state index in [4.69, 9.17) is 4.74 Å². The van der Waals surface area contributed by atoms with Gasteiger partial charge in [-0.25, -0.2) is 8.78 Å². The molecule has 0 radical (unpaired) electrons. The highest BCUT2D eigenvalue weighted by molar-refractivity contribution is 5.66. The molecule has 4 unspecified atom stereocenters. The van der Waals surface area contributed by atoms with E-state index in [9.17, 15) is 0 Å². The monoisotopic (exact) mass is 422 g/mol. The normalized spacial score (nSPS) is 25.9. The zero-order valence-electron chi connectivity index (χ0n) is 18.3. The van der Waals surface area contributed by atoms with Gasteiger partial charge in [-0.1, -0.05) is 36.9 Å². The van der Waals surface area contributed by atoms with Gasteiger partial charge in [-0.15, -0.1) is 0 Å². The lowest BCUT2D eigenvalue weighted by Gasteiger charge is -2.42. The summed E-state index contributed by atoms with van der Waals surface area (Å²) in [6.45, 7) is 6.11. The number of hydrogen-bond donors (Lipinski definition) is 0. The number of benzene rings is 2. The fourth-order valence-corrected chi connectivity index (χ4v) is 5.65. The van der Waals surface area contributed by atoms with Gasteiger partial charge >= 0.3 is 0 Å². The van der Waals surface area contributed by atoms with Crippen LogP contribution in [0.1, 0.15) is 56.9 Å². The molecule has 0 bridgehead atoms. The van der Waals surface area contributed by atoms with Crippen LogP contribution in [0.5, 0.6) is 5.75 Å². The first kappa shape index (κ1) is 21.8. The topological polar surface area (TPSA) is 9.23 Å². The Kier molecular flexibility index (Phi) is 6.89. The lowest BCUT2D eigenvalue weighted by Crippen LogP contribution is -2.30. The van der Waals surface area contributed by atoms with Gasteiger partial charge in [0.1, 0.15) is 24.0 Å². The molecule has 1 nitrogen and oxygen atoms in total. The maximum absolute atomic E-state index is 15.0. The largest absolute Gasteiger partial charge is 0.490 e. The van der Waals surface area contributed by atoms with Crippen molar-refractivity contribution in [3.8, 4) is 16.9 Å². The Labute approximate surface area is 184 Å². The van der Waals surface area contributed by atoms with Crippen LogP contribution in [0.4, 0.5) is 8.78 Å². The average molecular weight is 423 g/mol. The number of ether oxygens (including phenoxy) is 1. The van der Waals surface area contributed by atoms with Crippen LogP contribution in [0.2, 0.25) is 0 Å². The molecule has 0 amide bonds. The Morgan fingerprint density at radius 3 is 2.32 bits per heavy atom. The van der Waals surface area contributed by atoms with E-state index < -0.39 is 11.6 Å². The summed E-state index contributed by atoms with van der Waals surface area (Å²) in [5.74, 6) is 2.12. The average Bonchev–Trinajstić information content (AvgIpc) is 2.78. The van der Waals surface area contributed by atoms with Gasteiger partial charge in [0, 0.05) is 0 Å². The third kappa shape index (κ3) is 4.92. The first-order chi connectivity index (χ1) is 15.1. The van der Waals surface area contributed by atoms with E-state index in [1.807, 2.05) is 0 Å². The van der Waals surface area contributed by atoms with E-state index in [0.29, 0.717) is 29.8 Å². The van der Waals surface area contributed by atoms with E-state index in [0.717, 1.165) is 24.3 Å². The Hall–Kier alpha value is -2.42. The molecule has 164 valence electrons. The second-order valence-corrected chi connectivity index (χ2v) is 9.11. The molecule has 2 aliphatic rings. The zero-order chi connectivity index (χ0) is 21.8. The van der Waals surface area contributed by atoms with Crippen molar-refractivity contribution in [2.45, 2.75) is 51.4 Å². The number of fused-ring (bicyclic) bond motifs is 1. The summed E-state index contributed by atoms with van der Waals surface area (Å²) in [4.78, 5) is 0. The lowest BCUT2D eigenvalue weighted by molar-refractivity contribution is 0.133. The second-order valence-electron chi connectivity index (χ2n) is 9.11. The molecule has 31 heavy (non-hydrogen) atoms. The molecule has 2 fully saturated rings. The Balaban J connectivity index is 1.48. The van der Waals surface area contributed by atoms with Crippen molar-refractivity contribution >= 4 is 0 Å². The highest BCUT2D eigenvalue weighted by Gasteiger charge is 2.35. The summed E-state index contributed by atoms with van der Waals surface area (Å²) in [5.41, 5.74) is 1.39. The van der Waals surface area contributed by atoms with E-state index in [1.54, 1.807) is 42.5 Å². The summed E-state index contributed by atoms with van der Waals surface area (Å²) in [7, 11) is 0. The van der Waals surface area contributed by atoms with Crippen LogP contribution < -0.4 is 4.74 Å². The lowest BCUT2D eigenvalue weighted by atomic mass is 9.64. The van der Waals surface area contributed by atoms with Crippen molar-refractivity contribution < 1.29 is 13.5 Å². The molecule has 0 spiro atoms. The fraction of sp³-hybridized carbons (Fsp3) is 0.429. The van der Waals surface area contributed by atoms with Crippen LogP contribution in [0.3, 0.4) is 0 Å². The van der Waals surface area contributed by atoms with Crippen LogP contribution in [0, 0.1) is 29.4 Å². The first-order valence-corrected chi connectivity index (χ1v) is 11.5. The van der Waals surface area contributed by atoms with Crippen molar-refractivity contribution in [1.82, 2.24) is 0 Å². The van der Waals surface area contributed by atoms with E-state index in [1.165, 1.54) is 25.7 Å². The quantitative estimate of drug-likeness (QED) is 0.428. The molecule has 0 N–H and O–H groups in total. The van der Waals surface area contributed by atoms with Crippen LogP contribution >= 0.6 is 0 Å². The Morgan fingerprint density at radius 2 is 1.65 bits per heavy atom. The van der Waals surface area contributed by atoms with Crippen LogP contribution in [-0.4, -0.2) is 6.61 Å². The van der Waals surface area contributed by atoms with Crippen molar-refractivity contribution in [2.24, 2.45) is 17.8 Å². The number of hydrogen-bond acceptors (Lipinski definition) is 1. The molecule has 4 atom stereocenters. The molecular formula is C28H32F2O. The molecule has 0 saturated heterocycles. The predicted octanol–water partition coefficient (Wildman–Crippen LogP) is 8.07. The molecule has 2 saturated carbocycles. The van der Waals surface area contributed by atoms with Crippen molar-refractivity contribution in [2.75, 3.05) is 6.61 Å². The predicted molar refractivity (Wildman–Crippen MR) is 123 cm³/mol. The maximum Gasteiger partial charge on any atom is 0.134 e. The summed E-state index contributed by atoms with van der Waals surface area (Å²) < 4.78 is 35.5. The molecule has 4 rings (SSSR count). The third-order valence-corrected chi connectivity index (χ3v) is 7.16. The molecule has 2 aromatic rings. The van der Waals surface area contributed by atoms with Gasteiger partial charge < -0.3 is 4.74 Å². The summed E-state index contributed by atoms with van der Waals surface area (Å²) in [5, 5.41) is 0. The van der Waals surface area contributed by atoms with Crippen molar-refractivity contribution in [3.05, 3.63) is 78.4 Å². The van der Waals surface area contributed by atoms with Crippen molar-refractivity contribution in [1.29, 1.82) is 0 Å².